The van der Waals surface area contributed by atoms with E-state index in [9.17, 15) is 19.5 Å². The van der Waals surface area contributed by atoms with Crippen LogP contribution in [-0.4, -0.2) is 60.2 Å². The van der Waals surface area contributed by atoms with Crippen LogP contribution in [0.1, 0.15) is 39.6 Å². The molecule has 12 nitrogen and oxygen atoms in total. The lowest BCUT2D eigenvalue weighted by molar-refractivity contribution is -0.139. The first-order valence-corrected chi connectivity index (χ1v) is 11.9. The third-order valence-corrected chi connectivity index (χ3v) is 6.14. The van der Waals surface area contributed by atoms with Gasteiger partial charge in [0.2, 0.25) is 0 Å². The summed E-state index contributed by atoms with van der Waals surface area (Å²) in [7, 11) is 0. The van der Waals surface area contributed by atoms with Gasteiger partial charge in [-0.25, -0.2) is 14.2 Å². The van der Waals surface area contributed by atoms with Gasteiger partial charge in [-0.15, -0.1) is 16.6 Å². The molecule has 0 spiro atoms. The number of halogens is 1. The van der Waals surface area contributed by atoms with E-state index in [2.05, 4.69) is 41.8 Å². The Morgan fingerprint density at radius 2 is 2.05 bits per heavy atom. The number of benzene rings is 2. The predicted molar refractivity (Wildman–Crippen MR) is 140 cm³/mol. The number of fused-ring (bicyclic) bond motifs is 1. The van der Waals surface area contributed by atoms with Crippen molar-refractivity contribution in [1.82, 2.24) is 35.9 Å². The number of carboxylic acid groups (broad SMARTS) is 1. The van der Waals surface area contributed by atoms with E-state index < -0.39 is 23.7 Å². The Kier molecular flexibility index (Phi) is 7.95. The molecule has 0 bridgehead atoms. The number of aliphatic carboxylic acids is 1. The molecule has 2 aromatic carbocycles. The van der Waals surface area contributed by atoms with Gasteiger partial charge in [-0.1, -0.05) is 11.1 Å². The summed E-state index contributed by atoms with van der Waals surface area (Å²) in [6, 6.07) is 6.22. The van der Waals surface area contributed by atoms with Crippen LogP contribution in [0.5, 0.6) is 0 Å². The highest BCUT2D eigenvalue weighted by molar-refractivity contribution is 5.97. The van der Waals surface area contributed by atoms with Gasteiger partial charge < -0.3 is 20.3 Å². The molecule has 0 saturated carbocycles. The van der Waals surface area contributed by atoms with Crippen LogP contribution in [0.2, 0.25) is 0 Å². The number of aryl methyl sites for hydroxylation is 3. The van der Waals surface area contributed by atoms with Crippen molar-refractivity contribution < 1.29 is 19.1 Å². The van der Waals surface area contributed by atoms with Gasteiger partial charge in [-0.2, -0.15) is 5.21 Å². The molecule has 2 heterocycles. The molecule has 1 atom stereocenters. The Hall–Kier alpha value is -5.12. The van der Waals surface area contributed by atoms with Crippen LogP contribution in [0.4, 0.5) is 10.1 Å². The van der Waals surface area contributed by atoms with Crippen LogP contribution in [0.15, 0.2) is 35.1 Å². The number of nitrogens with zero attached hydrogens (tertiary/aromatic N) is 5. The number of rotatable bonds is 10. The van der Waals surface area contributed by atoms with Crippen LogP contribution >= 0.6 is 0 Å². The van der Waals surface area contributed by atoms with Gasteiger partial charge in [-0.3, -0.25) is 9.59 Å². The van der Waals surface area contributed by atoms with Crippen molar-refractivity contribution in [3.63, 3.8) is 0 Å². The number of aromatic nitrogens is 6. The molecular weight excluding hydrogens is 507 g/mol. The molecular formula is C26H25FN8O4. The van der Waals surface area contributed by atoms with Gasteiger partial charge >= 0.3 is 5.97 Å². The largest absolute Gasteiger partial charge is 0.480 e. The fourth-order valence-corrected chi connectivity index (χ4v) is 4.12. The number of carbonyl (C=O) groups excluding carboxylic acids is 1. The molecule has 0 aliphatic carbocycles. The summed E-state index contributed by atoms with van der Waals surface area (Å²) in [6.45, 7) is 3.98. The first-order valence-electron chi connectivity index (χ1n) is 11.9. The third kappa shape index (κ3) is 6.24. The number of amides is 1. The first kappa shape index (κ1) is 26.9. The smallest absolute Gasteiger partial charge is 0.326 e. The number of nitrogens with one attached hydrogen (secondary N) is 3. The van der Waals surface area contributed by atoms with E-state index in [0.717, 1.165) is 17.2 Å². The number of carbonyl (C=O) groups is 2. The second-order valence-corrected chi connectivity index (χ2v) is 8.90. The highest BCUT2D eigenvalue weighted by Gasteiger charge is 2.23. The monoisotopic (exact) mass is 532 g/mol. The number of carboxylic acids is 1. The highest BCUT2D eigenvalue weighted by Crippen LogP contribution is 2.24. The molecule has 1 amide bonds. The molecule has 0 aliphatic heterocycles. The van der Waals surface area contributed by atoms with Crippen LogP contribution < -0.4 is 15.8 Å². The van der Waals surface area contributed by atoms with E-state index in [0.29, 0.717) is 22.4 Å². The van der Waals surface area contributed by atoms with Crippen molar-refractivity contribution >= 4 is 28.5 Å². The van der Waals surface area contributed by atoms with Gasteiger partial charge in [0.25, 0.3) is 11.5 Å². The number of aromatic amines is 2. The Morgan fingerprint density at radius 3 is 2.72 bits per heavy atom. The lowest BCUT2D eigenvalue weighted by Gasteiger charge is -2.24. The molecule has 0 radical (unpaired) electrons. The van der Waals surface area contributed by atoms with Crippen LogP contribution in [0, 0.1) is 32.0 Å². The second kappa shape index (κ2) is 11.5. The zero-order valence-corrected chi connectivity index (χ0v) is 21.2. The Bertz CT molecular complexity index is 1630. The van der Waals surface area contributed by atoms with E-state index >= 15 is 4.39 Å². The Morgan fingerprint density at radius 1 is 1.26 bits per heavy atom. The van der Waals surface area contributed by atoms with Gasteiger partial charge in [-0.05, 0) is 61.7 Å². The van der Waals surface area contributed by atoms with Crippen molar-refractivity contribution in [1.29, 1.82) is 0 Å². The van der Waals surface area contributed by atoms with Crippen LogP contribution in [-0.2, 0) is 17.8 Å². The predicted octanol–water partition coefficient (Wildman–Crippen LogP) is 1.65. The topological polar surface area (TPSA) is 170 Å². The van der Waals surface area contributed by atoms with Crippen molar-refractivity contribution in [2.45, 2.75) is 39.3 Å². The van der Waals surface area contributed by atoms with Crippen molar-refractivity contribution in [2.75, 3.05) is 11.4 Å². The fourth-order valence-electron chi connectivity index (χ4n) is 4.12. The average molecular weight is 533 g/mol. The fraction of sp³-hybridized carbons (Fsp3) is 0.269. The van der Waals surface area contributed by atoms with Crippen LogP contribution in [0.25, 0.3) is 10.9 Å². The molecule has 0 unspecified atom stereocenters. The van der Waals surface area contributed by atoms with Gasteiger partial charge in [0.15, 0.2) is 5.82 Å². The minimum absolute atomic E-state index is 0.0146. The molecule has 4 rings (SSSR count). The number of anilines is 1. The molecule has 2 aromatic heterocycles. The van der Waals surface area contributed by atoms with Crippen molar-refractivity contribution in [2.24, 2.45) is 0 Å². The average Bonchev–Trinajstić information content (AvgIpc) is 3.40. The number of tetrazole rings is 1. The van der Waals surface area contributed by atoms with E-state index in [4.69, 9.17) is 6.42 Å². The zero-order chi connectivity index (χ0) is 28.1. The summed E-state index contributed by atoms with van der Waals surface area (Å²) in [6.07, 6.45) is 5.70. The molecule has 39 heavy (non-hydrogen) atoms. The van der Waals surface area contributed by atoms with Gasteiger partial charge in [0, 0.05) is 18.7 Å². The summed E-state index contributed by atoms with van der Waals surface area (Å²) >= 11 is 0. The minimum atomic E-state index is -1.29. The minimum Gasteiger partial charge on any atom is -0.480 e. The Balaban J connectivity index is 1.54. The molecule has 0 aliphatic rings. The normalized spacial score (nSPS) is 11.6. The zero-order valence-electron chi connectivity index (χ0n) is 21.2. The van der Waals surface area contributed by atoms with E-state index in [1.165, 1.54) is 12.1 Å². The van der Waals surface area contributed by atoms with Gasteiger partial charge in [0.05, 0.1) is 23.0 Å². The molecule has 0 saturated heterocycles. The molecule has 0 fully saturated rings. The highest BCUT2D eigenvalue weighted by atomic mass is 19.1. The summed E-state index contributed by atoms with van der Waals surface area (Å²) in [5, 5.41) is 25.4. The number of terminal acetylenes is 1. The first-order chi connectivity index (χ1) is 18.7. The number of hydrogen-bond donors (Lipinski definition) is 4. The van der Waals surface area contributed by atoms with Crippen LogP contribution in [0.3, 0.4) is 0 Å². The summed E-state index contributed by atoms with van der Waals surface area (Å²) in [5.74, 6) is 0.339. The third-order valence-electron chi connectivity index (χ3n) is 6.14. The van der Waals surface area contributed by atoms with E-state index in [1.54, 1.807) is 17.9 Å². The quantitative estimate of drug-likeness (QED) is 0.222. The number of hydrogen-bond acceptors (Lipinski definition) is 8. The maximum Gasteiger partial charge on any atom is 0.326 e. The SMILES string of the molecule is C#CCN(Cc1cc2c(=O)[nH]c(C)nc2cc1C)c1ccc(C(=O)N[C@H](CCc2nn[nH]n2)C(=O)O)c(F)c1. The van der Waals surface area contributed by atoms with E-state index in [1.807, 2.05) is 13.0 Å². The standard InChI is InChI=1S/C26H25FN8O4/c1-4-9-35(13-16-11-19-22(10-14(16)2)28-15(3)29-25(19)37)17-5-6-18(20(27)12-17)24(36)30-21(26(38)39)7-8-23-31-33-34-32-23/h1,5-6,10-12,21H,7-9,13H2,2-3H3,(H,30,36)(H,38,39)(H,28,29,37)(H,31,32,33,34)/t21-/m1/s1. The molecule has 4 aromatic rings. The molecule has 200 valence electrons. The van der Waals surface area contributed by atoms with Gasteiger partial charge in [0.1, 0.15) is 17.7 Å². The molecule has 4 N–H and O–H groups in total. The molecule has 13 heteroatoms. The summed E-state index contributed by atoms with van der Waals surface area (Å²) in [5.41, 5.74) is 2.06. The second-order valence-electron chi connectivity index (χ2n) is 8.90. The lowest BCUT2D eigenvalue weighted by Crippen LogP contribution is -2.41. The van der Waals surface area contributed by atoms with Crippen molar-refractivity contribution in [3.8, 4) is 12.3 Å². The van der Waals surface area contributed by atoms with E-state index in [-0.39, 0.29) is 42.9 Å². The Labute approximate surface area is 221 Å². The maximum absolute atomic E-state index is 15.1. The maximum atomic E-state index is 15.1. The summed E-state index contributed by atoms with van der Waals surface area (Å²) in [4.78, 5) is 45.5. The van der Waals surface area contributed by atoms with Crippen molar-refractivity contribution in [3.05, 3.63) is 74.8 Å². The lowest BCUT2D eigenvalue weighted by atomic mass is 10.0. The number of H-pyrrole nitrogens is 2. The summed E-state index contributed by atoms with van der Waals surface area (Å²) < 4.78 is 15.1.